The van der Waals surface area contributed by atoms with E-state index in [0.29, 0.717) is 5.84 Å². The minimum atomic E-state index is 0.195. The highest BCUT2D eigenvalue weighted by Crippen LogP contribution is 2.38. The van der Waals surface area contributed by atoms with Crippen molar-refractivity contribution in [2.24, 2.45) is 4.99 Å². The first kappa shape index (κ1) is 39.6. The van der Waals surface area contributed by atoms with Crippen LogP contribution < -0.4 is 10.6 Å². The van der Waals surface area contributed by atoms with Crippen molar-refractivity contribution < 1.29 is 0 Å². The Labute approximate surface area is 363 Å². The summed E-state index contributed by atoms with van der Waals surface area (Å²) in [6.45, 7) is 4.06. The van der Waals surface area contributed by atoms with E-state index >= 15 is 0 Å². The first-order valence-electron chi connectivity index (χ1n) is 21.2. The summed E-state index contributed by atoms with van der Waals surface area (Å²) in [6, 6.07) is 56.9. The van der Waals surface area contributed by atoms with E-state index in [0.717, 1.165) is 91.3 Å². The first-order chi connectivity index (χ1) is 30.5. The highest BCUT2D eigenvalue weighted by atomic mass is 15.1. The van der Waals surface area contributed by atoms with Crippen LogP contribution in [0.3, 0.4) is 0 Å². The number of aliphatic imine (C=N–C) groups is 1. The molecule has 0 atom stereocenters. The van der Waals surface area contributed by atoms with E-state index in [1.807, 2.05) is 57.3 Å². The smallest absolute Gasteiger partial charge is 0.154 e. The summed E-state index contributed by atoms with van der Waals surface area (Å²) in [7, 11) is 1.84. The highest BCUT2D eigenvalue weighted by molar-refractivity contribution is 6.10. The maximum absolute atomic E-state index is 8.83. The molecule has 1 aliphatic carbocycles. The number of benzene rings is 6. The van der Waals surface area contributed by atoms with Crippen molar-refractivity contribution in [1.29, 1.82) is 5.41 Å². The Bertz CT molecular complexity index is 2970. The van der Waals surface area contributed by atoms with Crippen molar-refractivity contribution in [2.75, 3.05) is 12.4 Å². The molecule has 0 aliphatic heterocycles. The molecule has 302 valence electrons. The van der Waals surface area contributed by atoms with Crippen molar-refractivity contribution in [3.63, 3.8) is 0 Å². The second kappa shape index (κ2) is 17.8. The topological polar surface area (TPSA) is 78.1 Å². The molecule has 6 nitrogen and oxygen atoms in total. The Morgan fingerprint density at radius 3 is 2.06 bits per heavy atom. The molecule has 0 fully saturated rings. The predicted octanol–water partition coefficient (Wildman–Crippen LogP) is 13.7. The quantitative estimate of drug-likeness (QED) is 0.0732. The third-order valence-corrected chi connectivity index (χ3v) is 11.4. The Morgan fingerprint density at radius 2 is 1.34 bits per heavy atom. The number of nitrogens with one attached hydrogen (secondary N) is 3. The molecule has 8 aromatic rings. The fourth-order valence-corrected chi connectivity index (χ4v) is 8.31. The molecule has 0 saturated carbocycles. The molecular weight excluding hydrogens is 757 g/mol. The van der Waals surface area contributed by atoms with E-state index in [1.165, 1.54) is 16.6 Å². The fraction of sp³-hybridized carbons (Fsp3) is 0.0893. The molecule has 0 bridgehead atoms. The molecule has 0 radical (unpaired) electrons. The summed E-state index contributed by atoms with van der Waals surface area (Å²) in [4.78, 5) is 9.99. The van der Waals surface area contributed by atoms with Crippen LogP contribution in [0.1, 0.15) is 48.2 Å². The maximum Gasteiger partial charge on any atom is 0.154 e. The number of aromatic nitrogens is 2. The third kappa shape index (κ3) is 8.19. The van der Waals surface area contributed by atoms with Crippen molar-refractivity contribution in [3.8, 4) is 39.3 Å². The monoisotopic (exact) mass is 804 g/mol. The maximum atomic E-state index is 8.83. The van der Waals surface area contributed by atoms with Crippen LogP contribution in [0, 0.1) is 5.41 Å². The van der Waals surface area contributed by atoms with E-state index in [-0.39, 0.29) is 5.84 Å². The predicted molar refractivity (Wildman–Crippen MR) is 262 cm³/mol. The molecule has 0 saturated heterocycles. The summed E-state index contributed by atoms with van der Waals surface area (Å²) >= 11 is 0. The SMILES string of the molecule is C/C=C\C(=C/C)c1ccc(C(=NC(=N)c2ccc(-c3cccc(Nc4ccc5c(c4)c4c(n5-c5cc(-c6ccccc6)cc(-c6ccccc6)n5)CCC=C4)c3)cc2)NC)cc1. The van der Waals surface area contributed by atoms with Gasteiger partial charge < -0.3 is 10.6 Å². The average Bonchev–Trinajstić information content (AvgIpc) is 3.66. The van der Waals surface area contributed by atoms with Gasteiger partial charge in [-0.3, -0.25) is 9.98 Å². The number of fused-ring (bicyclic) bond motifs is 3. The summed E-state index contributed by atoms with van der Waals surface area (Å²) < 4.78 is 2.37. The van der Waals surface area contributed by atoms with Gasteiger partial charge in [0.1, 0.15) is 11.7 Å². The third-order valence-electron chi connectivity index (χ3n) is 11.4. The van der Waals surface area contributed by atoms with Gasteiger partial charge in [0.25, 0.3) is 0 Å². The zero-order valence-electron chi connectivity index (χ0n) is 35.2. The number of hydrogen-bond donors (Lipinski definition) is 3. The molecule has 6 aromatic carbocycles. The van der Waals surface area contributed by atoms with Crippen LogP contribution >= 0.6 is 0 Å². The number of hydrogen-bond acceptors (Lipinski definition) is 3. The number of amidine groups is 2. The van der Waals surface area contributed by atoms with E-state index in [2.05, 4.69) is 178 Å². The van der Waals surface area contributed by atoms with E-state index < -0.39 is 0 Å². The summed E-state index contributed by atoms with van der Waals surface area (Å²) in [5.41, 5.74) is 16.1. The normalized spacial score (nSPS) is 12.8. The molecule has 9 rings (SSSR count). The first-order valence-corrected chi connectivity index (χ1v) is 21.2. The molecule has 1 aliphatic rings. The Hall–Kier alpha value is -7.83. The molecule has 0 unspecified atom stereocenters. The highest BCUT2D eigenvalue weighted by Gasteiger charge is 2.21. The summed E-state index contributed by atoms with van der Waals surface area (Å²) in [6.07, 6.45) is 12.7. The average molecular weight is 805 g/mol. The number of pyridine rings is 1. The summed E-state index contributed by atoms with van der Waals surface area (Å²) in [5.74, 6) is 1.76. The molecule has 3 N–H and O–H groups in total. The lowest BCUT2D eigenvalue weighted by Gasteiger charge is -2.16. The van der Waals surface area contributed by atoms with Gasteiger partial charge in [0.2, 0.25) is 0 Å². The van der Waals surface area contributed by atoms with Crippen LogP contribution in [0.25, 0.3) is 61.9 Å². The second-order valence-corrected chi connectivity index (χ2v) is 15.4. The van der Waals surface area contributed by atoms with Gasteiger partial charge in [0.05, 0.1) is 11.2 Å². The minimum absolute atomic E-state index is 0.195. The van der Waals surface area contributed by atoms with Gasteiger partial charge in [-0.25, -0.2) is 9.98 Å². The van der Waals surface area contributed by atoms with Crippen molar-refractivity contribution >= 4 is 45.6 Å². The van der Waals surface area contributed by atoms with Crippen LogP contribution in [0.2, 0.25) is 0 Å². The lowest BCUT2D eigenvalue weighted by Crippen LogP contribution is -2.21. The molecule has 6 heteroatoms. The number of anilines is 2. The van der Waals surface area contributed by atoms with Gasteiger partial charge in [-0.15, -0.1) is 0 Å². The molecule has 2 heterocycles. The zero-order chi connectivity index (χ0) is 42.4. The summed E-state index contributed by atoms with van der Waals surface area (Å²) in [5, 5.41) is 16.9. The van der Waals surface area contributed by atoms with Gasteiger partial charge in [0.15, 0.2) is 5.84 Å². The molecular formula is C56H48N6. The minimum Gasteiger partial charge on any atom is -0.373 e. The van der Waals surface area contributed by atoms with E-state index in [4.69, 9.17) is 10.4 Å². The largest absolute Gasteiger partial charge is 0.373 e. The van der Waals surface area contributed by atoms with Gasteiger partial charge in [-0.05, 0) is 103 Å². The number of allylic oxidation sites excluding steroid dienone is 5. The molecule has 2 aromatic heterocycles. The zero-order valence-corrected chi connectivity index (χ0v) is 35.2. The van der Waals surface area contributed by atoms with Crippen LogP contribution in [0.4, 0.5) is 11.4 Å². The van der Waals surface area contributed by atoms with E-state index in [1.54, 1.807) is 0 Å². The molecule has 62 heavy (non-hydrogen) atoms. The van der Waals surface area contributed by atoms with Crippen molar-refractivity contribution in [1.82, 2.24) is 14.9 Å². The standard InChI is InChI=1S/C56H48N6/c1-4-15-38(5-2)40-26-30-44(31-27-40)56(58-3)61-55(57)43-28-24-41(25-29-43)45-20-14-21-47(34-45)59-48-32-33-53-50(37-48)49-22-12-13-23-52(49)62(53)54-36-46(39-16-8-6-9-17-39)35-51(60-54)42-18-10-7-11-19-42/h4-12,14-22,24-37,59H,13,23H2,1-3H3,(H2,57,58,61)/b15-4-,38-5+. The Balaban J connectivity index is 0.978. The van der Waals surface area contributed by atoms with Gasteiger partial charge >= 0.3 is 0 Å². The second-order valence-electron chi connectivity index (χ2n) is 15.4. The van der Waals surface area contributed by atoms with E-state index in [9.17, 15) is 0 Å². The lowest BCUT2D eigenvalue weighted by molar-refractivity contribution is 0.872. The van der Waals surface area contributed by atoms with Gasteiger partial charge in [-0.1, -0.05) is 152 Å². The van der Waals surface area contributed by atoms with Crippen molar-refractivity contribution in [2.45, 2.75) is 26.7 Å². The van der Waals surface area contributed by atoms with Gasteiger partial charge in [0, 0.05) is 51.8 Å². The van der Waals surface area contributed by atoms with Gasteiger partial charge in [-0.2, -0.15) is 0 Å². The number of rotatable bonds is 10. The molecule has 0 spiro atoms. The van der Waals surface area contributed by atoms with Crippen LogP contribution in [0.5, 0.6) is 0 Å². The number of nitrogens with zero attached hydrogens (tertiary/aromatic N) is 3. The molecule has 0 amide bonds. The van der Waals surface area contributed by atoms with Crippen LogP contribution in [-0.2, 0) is 6.42 Å². The van der Waals surface area contributed by atoms with Crippen molar-refractivity contribution in [3.05, 3.63) is 216 Å². The van der Waals surface area contributed by atoms with Crippen LogP contribution in [0.15, 0.2) is 193 Å². The lowest BCUT2D eigenvalue weighted by atomic mass is 10.0. The Kier molecular flexibility index (Phi) is 11.4. The van der Waals surface area contributed by atoms with Crippen LogP contribution in [-0.4, -0.2) is 28.3 Å². The fourth-order valence-electron chi connectivity index (χ4n) is 8.31. The Morgan fingerprint density at radius 1 is 0.661 bits per heavy atom.